The Hall–Kier alpha value is -1.27. The van der Waals surface area contributed by atoms with Gasteiger partial charge in [-0.2, -0.15) is 0 Å². The van der Waals surface area contributed by atoms with Crippen molar-refractivity contribution in [3.63, 3.8) is 0 Å². The van der Waals surface area contributed by atoms with Gasteiger partial charge >= 0.3 is 0 Å². The molecule has 2 aromatic rings. The Morgan fingerprint density at radius 2 is 2.33 bits per heavy atom. The van der Waals surface area contributed by atoms with Crippen molar-refractivity contribution < 1.29 is 4.74 Å². The maximum Gasteiger partial charge on any atom is 0.168 e. The summed E-state index contributed by atoms with van der Waals surface area (Å²) in [6.45, 7) is 0. The molecule has 2 N–H and O–H groups in total. The van der Waals surface area contributed by atoms with Crippen LogP contribution >= 0.6 is 24.0 Å². The van der Waals surface area contributed by atoms with Crippen molar-refractivity contribution in [3.8, 4) is 5.75 Å². The Balaban J connectivity index is 2.23. The second-order valence-corrected chi connectivity index (χ2v) is 5.46. The minimum atomic E-state index is 0.544. The van der Waals surface area contributed by atoms with Crippen molar-refractivity contribution in [2.45, 2.75) is 11.6 Å². The van der Waals surface area contributed by atoms with Gasteiger partial charge in [-0.1, -0.05) is 24.0 Å². The molecule has 18 heavy (non-hydrogen) atoms. The van der Waals surface area contributed by atoms with Crippen LogP contribution in [0.3, 0.4) is 0 Å². The summed E-state index contributed by atoms with van der Waals surface area (Å²) in [5, 5.41) is 0.967. The highest BCUT2D eigenvalue weighted by Crippen LogP contribution is 2.26. The minimum absolute atomic E-state index is 0.544. The fourth-order valence-corrected chi connectivity index (χ4v) is 2.85. The first-order chi connectivity index (χ1) is 8.61. The highest BCUT2D eigenvalue weighted by atomic mass is 32.2. The Morgan fingerprint density at radius 3 is 3.00 bits per heavy atom. The molecule has 0 amide bonds. The number of benzene rings is 1. The number of methoxy groups -OCH3 is 1. The largest absolute Gasteiger partial charge is 0.497 e. The van der Waals surface area contributed by atoms with Crippen LogP contribution in [-0.2, 0) is 7.05 Å². The molecule has 1 aromatic carbocycles. The Morgan fingerprint density at radius 1 is 1.56 bits per heavy atom. The lowest BCUT2D eigenvalue weighted by molar-refractivity contribution is 0.415. The molecule has 0 saturated carbocycles. The summed E-state index contributed by atoms with van der Waals surface area (Å²) >= 11 is 6.52. The molecule has 0 spiro atoms. The number of fused-ring (bicyclic) bond motifs is 1. The summed E-state index contributed by atoms with van der Waals surface area (Å²) in [5.41, 5.74) is 7.51. The molecule has 0 aliphatic heterocycles. The summed E-state index contributed by atoms with van der Waals surface area (Å²) < 4.78 is 7.26. The number of hydrogen-bond acceptors (Lipinski definition) is 4. The predicted octanol–water partition coefficient (Wildman–Crippen LogP) is 2.35. The standard InChI is InChI=1S/C12H15N3OS2/c1-15-10-4-3-8(16-2)7-9(10)14-12(15)18-6-5-11(13)17/h3-4,7H,5-6H2,1-2H3,(H2,13,17). The average molecular weight is 281 g/mol. The topological polar surface area (TPSA) is 53.1 Å². The van der Waals surface area contributed by atoms with Gasteiger partial charge in [-0.15, -0.1) is 0 Å². The molecular weight excluding hydrogens is 266 g/mol. The molecule has 4 nitrogen and oxygen atoms in total. The van der Waals surface area contributed by atoms with Crippen molar-refractivity contribution >= 4 is 40.0 Å². The summed E-state index contributed by atoms with van der Waals surface area (Å²) in [6, 6.07) is 5.89. The van der Waals surface area contributed by atoms with E-state index in [1.807, 2.05) is 25.2 Å². The van der Waals surface area contributed by atoms with Gasteiger partial charge in [-0.05, 0) is 12.1 Å². The quantitative estimate of drug-likeness (QED) is 0.673. The number of rotatable bonds is 5. The van der Waals surface area contributed by atoms with Gasteiger partial charge < -0.3 is 15.0 Å². The van der Waals surface area contributed by atoms with Crippen LogP contribution in [0.15, 0.2) is 23.4 Å². The van der Waals surface area contributed by atoms with Gasteiger partial charge in [0, 0.05) is 25.3 Å². The summed E-state index contributed by atoms with van der Waals surface area (Å²) in [7, 11) is 3.66. The summed E-state index contributed by atoms with van der Waals surface area (Å²) in [4.78, 5) is 5.12. The van der Waals surface area contributed by atoms with E-state index in [9.17, 15) is 0 Å². The second kappa shape index (κ2) is 5.58. The number of ether oxygens (including phenoxy) is 1. The zero-order chi connectivity index (χ0) is 13.1. The molecule has 0 bridgehead atoms. The van der Waals surface area contributed by atoms with Crippen LogP contribution in [0.4, 0.5) is 0 Å². The van der Waals surface area contributed by atoms with Gasteiger partial charge in [0.2, 0.25) is 0 Å². The lowest BCUT2D eigenvalue weighted by Crippen LogP contribution is -2.08. The molecule has 0 aliphatic rings. The lowest BCUT2D eigenvalue weighted by Gasteiger charge is -2.01. The van der Waals surface area contributed by atoms with Gasteiger partial charge in [-0.25, -0.2) is 4.98 Å². The highest BCUT2D eigenvalue weighted by Gasteiger charge is 2.09. The number of hydrogen-bond donors (Lipinski definition) is 1. The molecular formula is C12H15N3OS2. The van der Waals surface area contributed by atoms with E-state index in [-0.39, 0.29) is 0 Å². The minimum Gasteiger partial charge on any atom is -0.497 e. The number of nitrogens with two attached hydrogens (primary N) is 1. The number of aromatic nitrogens is 2. The third-order valence-corrected chi connectivity index (χ3v) is 3.86. The molecule has 0 aliphatic carbocycles. The second-order valence-electron chi connectivity index (χ2n) is 3.87. The van der Waals surface area contributed by atoms with Crippen LogP contribution in [0.25, 0.3) is 11.0 Å². The van der Waals surface area contributed by atoms with Crippen LogP contribution in [0.1, 0.15) is 6.42 Å². The molecule has 0 atom stereocenters. The van der Waals surface area contributed by atoms with Crippen molar-refractivity contribution in [1.29, 1.82) is 0 Å². The molecule has 96 valence electrons. The fraction of sp³-hybridized carbons (Fsp3) is 0.333. The predicted molar refractivity (Wildman–Crippen MR) is 79.4 cm³/mol. The maximum atomic E-state index is 5.48. The molecule has 2 rings (SSSR count). The van der Waals surface area contributed by atoms with Gasteiger partial charge in [0.1, 0.15) is 5.75 Å². The number of nitrogens with zero attached hydrogens (tertiary/aromatic N) is 2. The Kier molecular flexibility index (Phi) is 4.08. The smallest absolute Gasteiger partial charge is 0.168 e. The van der Waals surface area contributed by atoms with Crippen LogP contribution in [0.2, 0.25) is 0 Å². The van der Waals surface area contributed by atoms with E-state index in [1.54, 1.807) is 18.9 Å². The van der Waals surface area contributed by atoms with Crippen LogP contribution < -0.4 is 10.5 Å². The first kappa shape index (κ1) is 13.2. The third kappa shape index (κ3) is 2.76. The monoisotopic (exact) mass is 281 g/mol. The van der Waals surface area contributed by atoms with Crippen LogP contribution in [0, 0.1) is 0 Å². The molecule has 0 saturated heterocycles. The van der Waals surface area contributed by atoms with E-state index in [0.29, 0.717) is 4.99 Å². The van der Waals surface area contributed by atoms with Crippen LogP contribution in [-0.4, -0.2) is 27.4 Å². The van der Waals surface area contributed by atoms with Crippen molar-refractivity contribution in [2.24, 2.45) is 12.8 Å². The van der Waals surface area contributed by atoms with Crippen molar-refractivity contribution in [1.82, 2.24) is 9.55 Å². The van der Waals surface area contributed by atoms with E-state index < -0.39 is 0 Å². The molecule has 0 unspecified atom stereocenters. The summed E-state index contributed by atoms with van der Waals surface area (Å²) in [6.07, 6.45) is 0.729. The first-order valence-electron chi connectivity index (χ1n) is 5.53. The summed E-state index contributed by atoms with van der Waals surface area (Å²) in [5.74, 6) is 1.67. The number of aryl methyl sites for hydroxylation is 1. The van der Waals surface area contributed by atoms with Gasteiger partial charge in [0.05, 0.1) is 23.1 Å². The van der Waals surface area contributed by atoms with Crippen molar-refractivity contribution in [2.75, 3.05) is 12.9 Å². The maximum absolute atomic E-state index is 5.48. The SMILES string of the molecule is COc1ccc2c(c1)nc(SCCC(N)=S)n2C. The number of imidazole rings is 1. The van der Waals surface area contributed by atoms with Crippen molar-refractivity contribution in [3.05, 3.63) is 18.2 Å². The molecule has 1 heterocycles. The van der Waals surface area contributed by atoms with E-state index in [4.69, 9.17) is 22.7 Å². The molecule has 6 heteroatoms. The third-order valence-electron chi connectivity index (χ3n) is 2.63. The number of thioether (sulfide) groups is 1. The highest BCUT2D eigenvalue weighted by molar-refractivity contribution is 7.99. The van der Waals surface area contributed by atoms with E-state index >= 15 is 0 Å². The van der Waals surface area contributed by atoms with E-state index in [0.717, 1.165) is 34.1 Å². The molecule has 0 radical (unpaired) electrons. The van der Waals surface area contributed by atoms with Gasteiger partial charge in [0.25, 0.3) is 0 Å². The van der Waals surface area contributed by atoms with Gasteiger partial charge in [0.15, 0.2) is 5.16 Å². The Bertz CT molecular complexity index is 580. The van der Waals surface area contributed by atoms with Crippen LogP contribution in [0.5, 0.6) is 5.75 Å². The zero-order valence-corrected chi connectivity index (χ0v) is 12.0. The lowest BCUT2D eigenvalue weighted by atomic mass is 10.3. The van der Waals surface area contributed by atoms with Gasteiger partial charge in [-0.3, -0.25) is 0 Å². The zero-order valence-electron chi connectivity index (χ0n) is 10.3. The average Bonchev–Trinajstić information content (AvgIpc) is 2.65. The molecule has 1 aromatic heterocycles. The number of thiocarbonyl (C=S) groups is 1. The normalized spacial score (nSPS) is 10.8. The fourth-order valence-electron chi connectivity index (χ4n) is 1.66. The Labute approximate surface area is 116 Å². The first-order valence-corrected chi connectivity index (χ1v) is 6.93. The molecule has 0 fully saturated rings. The van der Waals surface area contributed by atoms with E-state index in [1.165, 1.54) is 0 Å². The van der Waals surface area contributed by atoms with E-state index in [2.05, 4.69) is 9.55 Å².